The van der Waals surface area contributed by atoms with Crippen LogP contribution in [0.2, 0.25) is 0 Å². The van der Waals surface area contributed by atoms with Crippen LogP contribution < -0.4 is 5.32 Å². The third kappa shape index (κ3) is 3.36. The summed E-state index contributed by atoms with van der Waals surface area (Å²) in [5.41, 5.74) is 0.497. The van der Waals surface area contributed by atoms with E-state index in [4.69, 9.17) is 0 Å². The number of hydrogen-bond donors (Lipinski definition) is 1. The third-order valence-electron chi connectivity index (χ3n) is 3.17. The summed E-state index contributed by atoms with van der Waals surface area (Å²) in [5.74, 6) is -0.0475. The molecule has 2 nitrogen and oxygen atoms in total. The van der Waals surface area contributed by atoms with Gasteiger partial charge in [0, 0.05) is 16.8 Å². The average molecular weight is 300 g/mol. The molecule has 1 aliphatic heterocycles. The van der Waals surface area contributed by atoms with Crippen molar-refractivity contribution in [3.8, 4) is 0 Å². The zero-order chi connectivity index (χ0) is 12.3. The highest BCUT2D eigenvalue weighted by molar-refractivity contribution is 9.10. The number of nitrogens with one attached hydrogen (secondary N) is 1. The van der Waals surface area contributed by atoms with E-state index in [-0.39, 0.29) is 23.9 Å². The summed E-state index contributed by atoms with van der Waals surface area (Å²) in [6.07, 6.45) is 1.96. The van der Waals surface area contributed by atoms with Gasteiger partial charge in [-0.1, -0.05) is 22.0 Å². The predicted octanol–water partition coefficient (Wildman–Crippen LogP) is 2.70. The van der Waals surface area contributed by atoms with Crippen LogP contribution in [0.3, 0.4) is 0 Å². The molecule has 0 bridgehead atoms. The molecule has 4 heteroatoms. The Morgan fingerprint density at radius 3 is 2.76 bits per heavy atom. The van der Waals surface area contributed by atoms with Crippen LogP contribution in [0.25, 0.3) is 0 Å². The van der Waals surface area contributed by atoms with Crippen LogP contribution in [0, 0.1) is 11.7 Å². The van der Waals surface area contributed by atoms with Crippen LogP contribution in [-0.2, 0) is 11.2 Å². The number of benzene rings is 1. The highest BCUT2D eigenvalue weighted by atomic mass is 79.9. The molecule has 17 heavy (non-hydrogen) atoms. The minimum atomic E-state index is -0.304. The van der Waals surface area contributed by atoms with Crippen molar-refractivity contribution < 1.29 is 9.18 Å². The van der Waals surface area contributed by atoms with Gasteiger partial charge in [0.15, 0.2) is 0 Å². The summed E-state index contributed by atoms with van der Waals surface area (Å²) in [6, 6.07) is 4.86. The van der Waals surface area contributed by atoms with Gasteiger partial charge in [-0.2, -0.15) is 0 Å². The molecular formula is C13H15BrFNO. The van der Waals surface area contributed by atoms with E-state index in [1.54, 1.807) is 12.1 Å². The quantitative estimate of drug-likeness (QED) is 0.930. The number of Topliss-reactive ketones (excluding diaryl/α,β-unsaturated/α-hetero) is 1. The molecule has 0 atom stereocenters. The lowest BCUT2D eigenvalue weighted by atomic mass is 9.90. The van der Waals surface area contributed by atoms with Crippen molar-refractivity contribution in [3.05, 3.63) is 34.1 Å². The van der Waals surface area contributed by atoms with E-state index >= 15 is 0 Å². The smallest absolute Gasteiger partial charge is 0.140 e. The fourth-order valence-electron chi connectivity index (χ4n) is 2.14. The van der Waals surface area contributed by atoms with Crippen LogP contribution in [-0.4, -0.2) is 18.9 Å². The molecule has 1 aromatic carbocycles. The summed E-state index contributed by atoms with van der Waals surface area (Å²) < 4.78 is 14.3. The maximum absolute atomic E-state index is 13.6. The molecule has 1 aromatic rings. The molecule has 1 heterocycles. The van der Waals surface area contributed by atoms with Crippen molar-refractivity contribution in [2.75, 3.05) is 13.1 Å². The molecule has 2 rings (SSSR count). The maximum atomic E-state index is 13.6. The Morgan fingerprint density at radius 2 is 2.12 bits per heavy atom. The summed E-state index contributed by atoms with van der Waals surface area (Å²) >= 11 is 3.21. The minimum Gasteiger partial charge on any atom is -0.317 e. The van der Waals surface area contributed by atoms with Gasteiger partial charge in [-0.05, 0) is 43.6 Å². The lowest BCUT2D eigenvalue weighted by Gasteiger charge is -2.21. The van der Waals surface area contributed by atoms with Gasteiger partial charge in [0.2, 0.25) is 0 Å². The normalized spacial score (nSPS) is 17.1. The minimum absolute atomic E-state index is 0.0966. The van der Waals surface area contributed by atoms with E-state index in [9.17, 15) is 9.18 Å². The number of carbonyl (C=O) groups excluding carboxylic acids is 1. The number of rotatable bonds is 3. The fraction of sp³-hybridized carbons (Fsp3) is 0.462. The Morgan fingerprint density at radius 1 is 1.41 bits per heavy atom. The second-order valence-electron chi connectivity index (χ2n) is 4.40. The van der Waals surface area contributed by atoms with Crippen molar-refractivity contribution in [3.63, 3.8) is 0 Å². The van der Waals surface area contributed by atoms with Crippen molar-refractivity contribution >= 4 is 21.7 Å². The van der Waals surface area contributed by atoms with Gasteiger partial charge < -0.3 is 5.32 Å². The molecule has 0 saturated carbocycles. The molecule has 1 aliphatic rings. The maximum Gasteiger partial charge on any atom is 0.140 e. The van der Waals surface area contributed by atoms with E-state index < -0.39 is 0 Å². The number of hydrogen-bond acceptors (Lipinski definition) is 2. The molecule has 0 aromatic heterocycles. The topological polar surface area (TPSA) is 29.1 Å². The monoisotopic (exact) mass is 299 g/mol. The summed E-state index contributed by atoms with van der Waals surface area (Å²) in [7, 11) is 0. The number of halogens is 2. The van der Waals surface area contributed by atoms with E-state index in [1.165, 1.54) is 6.07 Å². The van der Waals surface area contributed by atoms with Gasteiger partial charge in [-0.15, -0.1) is 0 Å². The van der Waals surface area contributed by atoms with Crippen LogP contribution in [0.5, 0.6) is 0 Å². The Hall–Kier alpha value is -0.740. The first-order valence-corrected chi connectivity index (χ1v) is 6.63. The number of ketones is 1. The van der Waals surface area contributed by atoms with Crippen LogP contribution in [0.15, 0.2) is 22.7 Å². The zero-order valence-corrected chi connectivity index (χ0v) is 11.1. The first-order valence-electron chi connectivity index (χ1n) is 5.84. The van der Waals surface area contributed by atoms with E-state index in [2.05, 4.69) is 21.2 Å². The Labute approximate surface area is 109 Å². The van der Waals surface area contributed by atoms with Gasteiger partial charge >= 0.3 is 0 Å². The van der Waals surface area contributed by atoms with Gasteiger partial charge in [-0.3, -0.25) is 4.79 Å². The lowest BCUT2D eigenvalue weighted by Crippen LogP contribution is -2.32. The number of piperidine rings is 1. The molecular weight excluding hydrogens is 285 g/mol. The second kappa shape index (κ2) is 5.74. The Balaban J connectivity index is 2.02. The third-order valence-corrected chi connectivity index (χ3v) is 3.67. The summed E-state index contributed by atoms with van der Waals surface area (Å²) in [4.78, 5) is 12.0. The molecule has 1 N–H and O–H groups in total. The predicted molar refractivity (Wildman–Crippen MR) is 68.4 cm³/mol. The first kappa shape index (κ1) is 12.7. The van der Waals surface area contributed by atoms with E-state index in [0.29, 0.717) is 10.0 Å². The molecule has 1 fully saturated rings. The highest BCUT2D eigenvalue weighted by Crippen LogP contribution is 2.19. The molecule has 0 spiro atoms. The molecule has 0 aliphatic carbocycles. The molecule has 1 saturated heterocycles. The number of carbonyl (C=O) groups is 1. The van der Waals surface area contributed by atoms with E-state index in [0.717, 1.165) is 25.9 Å². The molecule has 92 valence electrons. The van der Waals surface area contributed by atoms with Gasteiger partial charge in [0.1, 0.15) is 11.6 Å². The van der Waals surface area contributed by atoms with Crippen molar-refractivity contribution in [1.29, 1.82) is 0 Å². The largest absolute Gasteiger partial charge is 0.317 e. The Kier molecular flexibility index (Phi) is 4.29. The zero-order valence-electron chi connectivity index (χ0n) is 9.51. The SMILES string of the molecule is O=C(Cc1ccc(Br)cc1F)C1CCNCC1. The molecule has 0 radical (unpaired) electrons. The molecule has 0 amide bonds. The fourth-order valence-corrected chi connectivity index (χ4v) is 2.47. The standard InChI is InChI=1S/C13H15BrFNO/c14-11-2-1-10(12(15)8-11)7-13(17)9-3-5-16-6-4-9/h1-2,8-9,16H,3-7H2. The van der Waals surface area contributed by atoms with Crippen molar-refractivity contribution in [1.82, 2.24) is 5.32 Å². The van der Waals surface area contributed by atoms with Crippen LogP contribution in [0.4, 0.5) is 4.39 Å². The van der Waals surface area contributed by atoms with Crippen LogP contribution in [0.1, 0.15) is 18.4 Å². The van der Waals surface area contributed by atoms with Gasteiger partial charge in [-0.25, -0.2) is 4.39 Å². The van der Waals surface area contributed by atoms with Crippen molar-refractivity contribution in [2.24, 2.45) is 5.92 Å². The van der Waals surface area contributed by atoms with Gasteiger partial charge in [0.25, 0.3) is 0 Å². The average Bonchev–Trinajstić information content (AvgIpc) is 2.34. The summed E-state index contributed by atoms with van der Waals surface area (Å²) in [6.45, 7) is 1.78. The second-order valence-corrected chi connectivity index (χ2v) is 5.32. The van der Waals surface area contributed by atoms with Crippen molar-refractivity contribution in [2.45, 2.75) is 19.3 Å². The summed E-state index contributed by atoms with van der Waals surface area (Å²) in [5, 5.41) is 3.22. The van der Waals surface area contributed by atoms with Crippen LogP contribution >= 0.6 is 15.9 Å². The first-order chi connectivity index (χ1) is 8.16. The molecule has 0 unspecified atom stereocenters. The Bertz CT molecular complexity index is 416. The van der Waals surface area contributed by atoms with E-state index in [1.807, 2.05) is 0 Å². The highest BCUT2D eigenvalue weighted by Gasteiger charge is 2.21. The lowest BCUT2D eigenvalue weighted by molar-refractivity contribution is -0.122. The van der Waals surface area contributed by atoms with Gasteiger partial charge in [0.05, 0.1) is 0 Å².